The zero-order valence-electron chi connectivity index (χ0n) is 21.4. The Hall–Kier alpha value is -4.04. The van der Waals surface area contributed by atoms with Gasteiger partial charge in [0.05, 0.1) is 18.3 Å². The van der Waals surface area contributed by atoms with Gasteiger partial charge in [0.15, 0.2) is 11.5 Å². The van der Waals surface area contributed by atoms with E-state index in [4.69, 9.17) is 4.42 Å². The summed E-state index contributed by atoms with van der Waals surface area (Å²) in [6.45, 7) is 5.47. The van der Waals surface area contributed by atoms with Crippen molar-refractivity contribution in [2.45, 2.75) is 31.6 Å². The highest BCUT2D eigenvalue weighted by Crippen LogP contribution is 2.26. The molecule has 38 heavy (non-hydrogen) atoms. The number of likely N-dealkylation sites (tertiary alicyclic amines) is 1. The van der Waals surface area contributed by atoms with Crippen LogP contribution in [0, 0.1) is 11.3 Å². The highest BCUT2D eigenvalue weighted by atomic mass is 16.3. The third-order valence-corrected chi connectivity index (χ3v) is 7.05. The third-order valence-electron chi connectivity index (χ3n) is 7.05. The first-order valence-corrected chi connectivity index (χ1v) is 13.2. The Balaban J connectivity index is 1.06. The lowest BCUT2D eigenvalue weighted by molar-refractivity contribution is -0.134. The number of hydrogen-bond donors (Lipinski definition) is 1. The summed E-state index contributed by atoms with van der Waals surface area (Å²) in [7, 11) is 0. The van der Waals surface area contributed by atoms with E-state index in [0.717, 1.165) is 39.0 Å². The number of piperazine rings is 1. The maximum absolute atomic E-state index is 12.7. The molecular formula is C27H32N8O3. The van der Waals surface area contributed by atoms with Gasteiger partial charge >= 0.3 is 0 Å². The highest BCUT2D eigenvalue weighted by Gasteiger charge is 2.25. The number of aromatic nitrogens is 3. The Bertz CT molecular complexity index is 1270. The van der Waals surface area contributed by atoms with Gasteiger partial charge < -0.3 is 19.5 Å². The Morgan fingerprint density at radius 3 is 2.53 bits per heavy atom. The molecule has 5 rings (SSSR count). The van der Waals surface area contributed by atoms with Gasteiger partial charge in [-0.05, 0) is 37.5 Å². The van der Waals surface area contributed by atoms with E-state index in [0.29, 0.717) is 67.7 Å². The Morgan fingerprint density at radius 1 is 1.00 bits per heavy atom. The number of benzene rings is 1. The standard InChI is InChI=1S/C27H32N8O3/c28-18-20(26-31-22-6-1-2-7-23(22)38-26)21-9-11-30-27(32-21)29-10-5-8-24(36)35-16-14-33(15-17-35)19-25(37)34-12-3-4-13-34/h1-2,6-7,9,11,20H,3-5,8,10,12-17,19H2,(H,29,30,32). The molecule has 198 valence electrons. The lowest BCUT2D eigenvalue weighted by atomic mass is 10.1. The van der Waals surface area contributed by atoms with Gasteiger partial charge in [0.25, 0.3) is 0 Å². The topological polar surface area (TPSA) is 131 Å². The fraction of sp³-hybridized carbons (Fsp3) is 0.481. The maximum Gasteiger partial charge on any atom is 0.236 e. The summed E-state index contributed by atoms with van der Waals surface area (Å²) < 4.78 is 5.77. The minimum absolute atomic E-state index is 0.118. The van der Waals surface area contributed by atoms with Crippen molar-refractivity contribution >= 4 is 28.9 Å². The number of amides is 2. The van der Waals surface area contributed by atoms with E-state index in [2.05, 4.69) is 31.2 Å². The quantitative estimate of drug-likeness (QED) is 0.425. The third kappa shape index (κ3) is 6.08. The van der Waals surface area contributed by atoms with Crippen molar-refractivity contribution in [3.05, 3.63) is 48.1 Å². The van der Waals surface area contributed by atoms with Crippen molar-refractivity contribution in [1.29, 1.82) is 5.26 Å². The summed E-state index contributed by atoms with van der Waals surface area (Å²) in [4.78, 5) is 44.2. The van der Waals surface area contributed by atoms with Crippen LogP contribution in [0.15, 0.2) is 40.9 Å². The molecule has 1 atom stereocenters. The number of oxazole rings is 1. The molecule has 2 aromatic heterocycles. The molecule has 11 nitrogen and oxygen atoms in total. The zero-order chi connectivity index (χ0) is 26.3. The monoisotopic (exact) mass is 516 g/mol. The number of hydrogen-bond acceptors (Lipinski definition) is 9. The molecule has 0 bridgehead atoms. The van der Waals surface area contributed by atoms with Gasteiger partial charge in [-0.1, -0.05) is 12.1 Å². The molecule has 2 fully saturated rings. The number of carbonyl (C=O) groups excluding carboxylic acids is 2. The number of nitrogens with zero attached hydrogens (tertiary/aromatic N) is 7. The zero-order valence-corrected chi connectivity index (χ0v) is 21.4. The van der Waals surface area contributed by atoms with Crippen LogP contribution < -0.4 is 5.32 Å². The van der Waals surface area contributed by atoms with E-state index >= 15 is 0 Å². The molecule has 0 radical (unpaired) electrons. The predicted octanol–water partition coefficient (Wildman–Crippen LogP) is 2.23. The number of para-hydroxylation sites is 2. The molecule has 11 heteroatoms. The van der Waals surface area contributed by atoms with E-state index in [1.807, 2.05) is 34.1 Å². The van der Waals surface area contributed by atoms with Gasteiger partial charge in [0.2, 0.25) is 23.7 Å². The van der Waals surface area contributed by atoms with E-state index in [1.54, 1.807) is 12.3 Å². The van der Waals surface area contributed by atoms with Crippen molar-refractivity contribution < 1.29 is 14.0 Å². The van der Waals surface area contributed by atoms with E-state index in [1.165, 1.54) is 0 Å². The minimum atomic E-state index is -0.753. The predicted molar refractivity (Wildman–Crippen MR) is 140 cm³/mol. The normalized spacial score (nSPS) is 16.9. The number of rotatable bonds is 9. The van der Waals surface area contributed by atoms with Gasteiger partial charge in [-0.25, -0.2) is 15.0 Å². The first kappa shape index (κ1) is 25.6. The first-order chi connectivity index (χ1) is 18.6. The molecule has 1 unspecified atom stereocenters. The molecule has 0 spiro atoms. The molecule has 1 N–H and O–H groups in total. The number of fused-ring (bicyclic) bond motifs is 1. The van der Waals surface area contributed by atoms with Crippen LogP contribution in [0.3, 0.4) is 0 Å². The van der Waals surface area contributed by atoms with Gasteiger partial charge in [-0.2, -0.15) is 5.26 Å². The molecule has 2 aliphatic rings. The van der Waals surface area contributed by atoms with Gasteiger partial charge in [0, 0.05) is 58.4 Å². The molecule has 3 aromatic rings. The number of nitrogens with one attached hydrogen (secondary N) is 1. The summed E-state index contributed by atoms with van der Waals surface area (Å²) in [5.41, 5.74) is 1.81. The molecular weight excluding hydrogens is 484 g/mol. The Kier molecular flexibility index (Phi) is 8.09. The summed E-state index contributed by atoms with van der Waals surface area (Å²) in [6.07, 6.45) is 4.84. The van der Waals surface area contributed by atoms with Crippen LogP contribution in [-0.4, -0.2) is 93.8 Å². The van der Waals surface area contributed by atoms with Crippen molar-refractivity contribution in [3.63, 3.8) is 0 Å². The molecule has 2 amide bonds. The number of nitriles is 1. The van der Waals surface area contributed by atoms with Gasteiger partial charge in [-0.15, -0.1) is 0 Å². The molecule has 4 heterocycles. The van der Waals surface area contributed by atoms with Gasteiger partial charge in [0.1, 0.15) is 5.52 Å². The van der Waals surface area contributed by atoms with E-state index in [9.17, 15) is 14.9 Å². The van der Waals surface area contributed by atoms with Crippen molar-refractivity contribution in [1.82, 2.24) is 29.7 Å². The summed E-state index contributed by atoms with van der Waals surface area (Å²) in [6, 6.07) is 11.3. The average molecular weight is 517 g/mol. The van der Waals surface area contributed by atoms with Gasteiger partial charge in [-0.3, -0.25) is 14.5 Å². The van der Waals surface area contributed by atoms with Crippen LogP contribution in [0.5, 0.6) is 0 Å². The summed E-state index contributed by atoms with van der Waals surface area (Å²) >= 11 is 0. The van der Waals surface area contributed by atoms with Crippen LogP contribution in [-0.2, 0) is 9.59 Å². The molecule has 0 aliphatic carbocycles. The van der Waals surface area contributed by atoms with Crippen molar-refractivity contribution in [2.75, 3.05) is 57.7 Å². The molecule has 2 saturated heterocycles. The van der Waals surface area contributed by atoms with Crippen LogP contribution in [0.25, 0.3) is 11.1 Å². The maximum atomic E-state index is 12.7. The van der Waals surface area contributed by atoms with Crippen LogP contribution >= 0.6 is 0 Å². The summed E-state index contributed by atoms with van der Waals surface area (Å²) in [5.74, 6) is 0.256. The van der Waals surface area contributed by atoms with Crippen LogP contribution in [0.4, 0.5) is 5.95 Å². The number of carbonyl (C=O) groups is 2. The smallest absolute Gasteiger partial charge is 0.236 e. The lowest BCUT2D eigenvalue weighted by Gasteiger charge is -2.35. The largest absolute Gasteiger partial charge is 0.439 e. The fourth-order valence-corrected chi connectivity index (χ4v) is 4.89. The minimum Gasteiger partial charge on any atom is -0.439 e. The lowest BCUT2D eigenvalue weighted by Crippen LogP contribution is -2.51. The average Bonchev–Trinajstić information content (AvgIpc) is 3.63. The highest BCUT2D eigenvalue weighted by molar-refractivity contribution is 5.79. The second kappa shape index (κ2) is 12.0. The Morgan fingerprint density at radius 2 is 1.76 bits per heavy atom. The summed E-state index contributed by atoms with van der Waals surface area (Å²) in [5, 5.41) is 12.9. The second-order valence-electron chi connectivity index (χ2n) is 9.66. The van der Waals surface area contributed by atoms with Crippen molar-refractivity contribution in [2.24, 2.45) is 0 Å². The van der Waals surface area contributed by atoms with Crippen LogP contribution in [0.2, 0.25) is 0 Å². The van der Waals surface area contributed by atoms with Crippen molar-refractivity contribution in [3.8, 4) is 6.07 Å². The molecule has 1 aromatic carbocycles. The fourth-order valence-electron chi connectivity index (χ4n) is 4.89. The SMILES string of the molecule is N#CC(c1ccnc(NCCCC(=O)N2CCN(CC(=O)N3CCCC3)CC2)n1)c1nc2ccccc2o1. The van der Waals surface area contributed by atoms with E-state index < -0.39 is 5.92 Å². The Labute approximate surface area is 221 Å². The second-order valence-corrected chi connectivity index (χ2v) is 9.66. The number of anilines is 1. The first-order valence-electron chi connectivity index (χ1n) is 13.2. The van der Waals surface area contributed by atoms with E-state index in [-0.39, 0.29) is 11.8 Å². The van der Waals surface area contributed by atoms with Crippen LogP contribution in [0.1, 0.15) is 43.2 Å². The molecule has 2 aliphatic heterocycles. The molecule has 0 saturated carbocycles.